The summed E-state index contributed by atoms with van der Waals surface area (Å²) >= 11 is 0. The molecule has 3 fully saturated rings. The van der Waals surface area contributed by atoms with Crippen molar-refractivity contribution < 1.29 is 0 Å². The number of hydrogen-bond acceptors (Lipinski definition) is 0. The van der Waals surface area contributed by atoms with Crippen LogP contribution in [0.1, 0.15) is 40.5 Å². The van der Waals surface area contributed by atoms with Gasteiger partial charge in [0.1, 0.15) is 0 Å². The first-order chi connectivity index (χ1) is 5.03. The molecule has 0 aromatic heterocycles. The van der Waals surface area contributed by atoms with Gasteiger partial charge in [-0.2, -0.15) is 0 Å². The molecule has 0 N–H and O–H groups in total. The highest BCUT2D eigenvalue weighted by Crippen LogP contribution is 2.62. The standard InChI is InChI=1S/C11H20/c1-7-5-9-6-10(8(7)2)11(9,3)4/h7-10H,5-6H2,1-4H3/t7-,8?,9-,10-/m0/s1. The summed E-state index contributed by atoms with van der Waals surface area (Å²) in [6, 6.07) is 0. The summed E-state index contributed by atoms with van der Waals surface area (Å²) in [5.74, 6) is 4.07. The normalized spacial score (nSPS) is 53.5. The van der Waals surface area contributed by atoms with Gasteiger partial charge in [-0.1, -0.05) is 27.7 Å². The first kappa shape index (κ1) is 7.64. The van der Waals surface area contributed by atoms with Crippen LogP contribution in [0.2, 0.25) is 0 Å². The van der Waals surface area contributed by atoms with E-state index in [0.29, 0.717) is 5.41 Å². The van der Waals surface area contributed by atoms with E-state index in [0.717, 1.165) is 23.7 Å². The van der Waals surface area contributed by atoms with Gasteiger partial charge in [-0.05, 0) is 41.9 Å². The minimum atomic E-state index is 0.686. The van der Waals surface area contributed by atoms with Crippen LogP contribution in [-0.2, 0) is 0 Å². The predicted molar refractivity (Wildman–Crippen MR) is 48.3 cm³/mol. The van der Waals surface area contributed by atoms with E-state index in [2.05, 4.69) is 27.7 Å². The Hall–Kier alpha value is 0. The van der Waals surface area contributed by atoms with Crippen molar-refractivity contribution in [2.24, 2.45) is 29.1 Å². The lowest BCUT2D eigenvalue weighted by Gasteiger charge is -2.61. The van der Waals surface area contributed by atoms with Gasteiger partial charge < -0.3 is 0 Å². The second-order valence-corrected chi connectivity index (χ2v) is 5.43. The van der Waals surface area contributed by atoms with E-state index in [4.69, 9.17) is 0 Å². The van der Waals surface area contributed by atoms with Crippen LogP contribution in [0, 0.1) is 29.1 Å². The van der Waals surface area contributed by atoms with Gasteiger partial charge in [0.25, 0.3) is 0 Å². The lowest BCUT2D eigenvalue weighted by Crippen LogP contribution is -2.54. The fourth-order valence-corrected chi connectivity index (χ4v) is 3.41. The molecule has 0 aromatic carbocycles. The van der Waals surface area contributed by atoms with Crippen molar-refractivity contribution in [1.82, 2.24) is 0 Å². The van der Waals surface area contributed by atoms with Gasteiger partial charge in [-0.15, -0.1) is 0 Å². The molecule has 2 bridgehead atoms. The molecule has 3 aliphatic rings. The first-order valence-corrected chi connectivity index (χ1v) is 5.03. The van der Waals surface area contributed by atoms with E-state index in [9.17, 15) is 0 Å². The smallest absolute Gasteiger partial charge is 0.0295 e. The Balaban J connectivity index is 2.17. The fourth-order valence-electron chi connectivity index (χ4n) is 3.41. The molecular formula is C11H20. The number of fused-ring (bicyclic) bond motifs is 2. The first-order valence-electron chi connectivity index (χ1n) is 5.03. The van der Waals surface area contributed by atoms with E-state index in [1.807, 2.05) is 0 Å². The minimum Gasteiger partial charge on any atom is -0.0622 e. The molecule has 0 heteroatoms. The number of rotatable bonds is 0. The molecule has 3 aliphatic carbocycles. The largest absolute Gasteiger partial charge is 0.0622 e. The molecule has 0 heterocycles. The highest BCUT2D eigenvalue weighted by molar-refractivity contribution is 5.03. The summed E-state index contributed by atoms with van der Waals surface area (Å²) in [6.07, 6.45) is 3.02. The summed E-state index contributed by atoms with van der Waals surface area (Å²) in [5, 5.41) is 0. The molecule has 3 saturated carbocycles. The van der Waals surface area contributed by atoms with E-state index in [1.54, 1.807) is 0 Å². The molecule has 0 saturated heterocycles. The van der Waals surface area contributed by atoms with E-state index >= 15 is 0 Å². The Morgan fingerprint density at radius 2 is 1.73 bits per heavy atom. The van der Waals surface area contributed by atoms with Crippen molar-refractivity contribution in [3.8, 4) is 0 Å². The average Bonchev–Trinajstić information content (AvgIpc) is 1.93. The van der Waals surface area contributed by atoms with Gasteiger partial charge in [0.05, 0.1) is 0 Å². The Kier molecular flexibility index (Phi) is 1.41. The zero-order valence-electron chi connectivity index (χ0n) is 8.22. The van der Waals surface area contributed by atoms with Gasteiger partial charge in [0.2, 0.25) is 0 Å². The molecule has 0 amide bonds. The third-order valence-corrected chi connectivity index (χ3v) is 4.73. The molecule has 1 unspecified atom stereocenters. The Labute approximate surface area is 70.4 Å². The zero-order valence-corrected chi connectivity index (χ0v) is 8.22. The lowest BCUT2D eigenvalue weighted by atomic mass is 9.44. The van der Waals surface area contributed by atoms with Crippen LogP contribution in [0.5, 0.6) is 0 Å². The molecule has 11 heavy (non-hydrogen) atoms. The van der Waals surface area contributed by atoms with E-state index < -0.39 is 0 Å². The molecule has 0 aliphatic heterocycles. The van der Waals surface area contributed by atoms with Crippen molar-refractivity contribution in [3.05, 3.63) is 0 Å². The maximum absolute atomic E-state index is 2.47. The summed E-state index contributed by atoms with van der Waals surface area (Å²) in [4.78, 5) is 0. The SMILES string of the molecule is CC1[C@@H](C)C[C@H]2C[C@@H]1C2(C)C. The summed E-state index contributed by atoms with van der Waals surface area (Å²) in [5.41, 5.74) is 0.686. The third kappa shape index (κ3) is 0.816. The Morgan fingerprint density at radius 3 is 2.09 bits per heavy atom. The predicted octanol–water partition coefficient (Wildman–Crippen LogP) is 3.32. The second kappa shape index (κ2) is 2.02. The van der Waals surface area contributed by atoms with Crippen LogP contribution >= 0.6 is 0 Å². The van der Waals surface area contributed by atoms with Crippen LogP contribution in [0.3, 0.4) is 0 Å². The van der Waals surface area contributed by atoms with Crippen molar-refractivity contribution in [3.63, 3.8) is 0 Å². The minimum absolute atomic E-state index is 0.686. The lowest BCUT2D eigenvalue weighted by molar-refractivity contribution is -0.124. The zero-order chi connectivity index (χ0) is 8.22. The van der Waals surface area contributed by atoms with E-state index in [1.165, 1.54) is 12.8 Å². The monoisotopic (exact) mass is 152 g/mol. The highest BCUT2D eigenvalue weighted by Gasteiger charge is 2.54. The molecule has 4 atom stereocenters. The molecule has 64 valence electrons. The summed E-state index contributed by atoms with van der Waals surface area (Å²) in [7, 11) is 0. The van der Waals surface area contributed by atoms with Crippen LogP contribution in [0.25, 0.3) is 0 Å². The molecule has 0 radical (unpaired) electrons. The molecule has 0 nitrogen and oxygen atoms in total. The highest BCUT2D eigenvalue weighted by atomic mass is 14.6. The number of hydrogen-bond donors (Lipinski definition) is 0. The molecule has 0 spiro atoms. The fraction of sp³-hybridized carbons (Fsp3) is 1.00. The van der Waals surface area contributed by atoms with Gasteiger partial charge >= 0.3 is 0 Å². The molecular weight excluding hydrogens is 132 g/mol. The maximum atomic E-state index is 2.47. The Bertz CT molecular complexity index is 169. The third-order valence-electron chi connectivity index (χ3n) is 4.73. The maximum Gasteiger partial charge on any atom is -0.0295 e. The van der Waals surface area contributed by atoms with Crippen molar-refractivity contribution in [2.75, 3.05) is 0 Å². The van der Waals surface area contributed by atoms with Gasteiger partial charge in [0, 0.05) is 0 Å². The van der Waals surface area contributed by atoms with Gasteiger partial charge in [0.15, 0.2) is 0 Å². The van der Waals surface area contributed by atoms with Crippen molar-refractivity contribution in [1.29, 1.82) is 0 Å². The summed E-state index contributed by atoms with van der Waals surface area (Å²) in [6.45, 7) is 9.81. The second-order valence-electron chi connectivity index (χ2n) is 5.43. The van der Waals surface area contributed by atoms with Crippen molar-refractivity contribution >= 4 is 0 Å². The van der Waals surface area contributed by atoms with Crippen LogP contribution in [0.4, 0.5) is 0 Å². The van der Waals surface area contributed by atoms with Crippen molar-refractivity contribution in [2.45, 2.75) is 40.5 Å². The Morgan fingerprint density at radius 1 is 1.09 bits per heavy atom. The molecule has 0 aromatic rings. The van der Waals surface area contributed by atoms with Crippen LogP contribution in [-0.4, -0.2) is 0 Å². The molecule has 3 rings (SSSR count). The van der Waals surface area contributed by atoms with Crippen LogP contribution < -0.4 is 0 Å². The van der Waals surface area contributed by atoms with Crippen LogP contribution in [0.15, 0.2) is 0 Å². The quantitative estimate of drug-likeness (QED) is 0.499. The topological polar surface area (TPSA) is 0 Å². The van der Waals surface area contributed by atoms with Gasteiger partial charge in [-0.3, -0.25) is 0 Å². The average molecular weight is 152 g/mol. The summed E-state index contributed by atoms with van der Waals surface area (Å²) < 4.78 is 0. The van der Waals surface area contributed by atoms with Gasteiger partial charge in [-0.25, -0.2) is 0 Å². The van der Waals surface area contributed by atoms with E-state index in [-0.39, 0.29) is 0 Å².